The maximum Gasteiger partial charge on any atom is 0.306 e. The highest BCUT2D eigenvalue weighted by Crippen LogP contribution is 2.34. The number of esters is 1. The van der Waals surface area contributed by atoms with Crippen LogP contribution in [0.25, 0.3) is 0 Å². The predicted octanol–water partition coefficient (Wildman–Crippen LogP) is 5.03. The van der Waals surface area contributed by atoms with Crippen molar-refractivity contribution < 1.29 is 29.0 Å². The topological polar surface area (TPSA) is 139 Å². The van der Waals surface area contributed by atoms with E-state index in [0.29, 0.717) is 30.2 Å². The summed E-state index contributed by atoms with van der Waals surface area (Å²) < 4.78 is 5.66. The SMILES string of the molecule is CC(=O)OC(CC(C(C)C)N(C)C(=O)CCC1CC1)c1nc(C(=O)NC(Cc2nc(C)cs2)CC(C)C(=O)O)cs1. The van der Waals surface area contributed by atoms with Gasteiger partial charge in [-0.05, 0) is 31.6 Å². The van der Waals surface area contributed by atoms with Crippen LogP contribution in [0, 0.1) is 24.7 Å². The number of nitrogens with one attached hydrogen (secondary N) is 1. The first-order valence-corrected chi connectivity index (χ1v) is 15.9. The van der Waals surface area contributed by atoms with Crippen molar-refractivity contribution in [2.75, 3.05) is 7.05 Å². The van der Waals surface area contributed by atoms with Gasteiger partial charge in [0.25, 0.3) is 5.91 Å². The van der Waals surface area contributed by atoms with Crippen LogP contribution < -0.4 is 5.32 Å². The van der Waals surface area contributed by atoms with Gasteiger partial charge in [0.05, 0.1) is 10.9 Å². The third-order valence-corrected chi connectivity index (χ3v) is 9.33. The molecule has 4 atom stereocenters. The molecule has 2 aromatic rings. The molecular weight excluding hydrogens is 564 g/mol. The summed E-state index contributed by atoms with van der Waals surface area (Å²) in [4.78, 5) is 60.4. The third kappa shape index (κ3) is 10.2. The van der Waals surface area contributed by atoms with E-state index in [0.717, 1.165) is 17.1 Å². The number of amides is 2. The summed E-state index contributed by atoms with van der Waals surface area (Å²) in [6.07, 6.45) is 4.10. The standard InChI is InChI=1S/C29H42N4O6S2/c1-16(2)23(33(6)26(35)10-9-20-7-8-20)13-24(39-19(5)34)28-32-22(15-41-28)27(36)31-21(11-17(3)29(37)38)12-25-30-18(4)14-40-25/h14-17,20-21,23-24H,7-13H2,1-6H3,(H,31,36)(H,37,38). The number of hydrogen-bond donors (Lipinski definition) is 2. The van der Waals surface area contributed by atoms with E-state index >= 15 is 0 Å². The number of nitrogens with zero attached hydrogens (tertiary/aromatic N) is 3. The first-order chi connectivity index (χ1) is 19.3. The molecule has 2 amide bonds. The lowest BCUT2D eigenvalue weighted by atomic mass is 9.96. The molecule has 10 nitrogen and oxygen atoms in total. The molecule has 2 heterocycles. The smallest absolute Gasteiger partial charge is 0.306 e. The highest BCUT2D eigenvalue weighted by atomic mass is 32.1. The molecule has 0 aliphatic heterocycles. The molecule has 0 radical (unpaired) electrons. The predicted molar refractivity (Wildman–Crippen MR) is 158 cm³/mol. The first kappa shape index (κ1) is 32.7. The van der Waals surface area contributed by atoms with E-state index in [1.54, 1.807) is 24.3 Å². The largest absolute Gasteiger partial charge is 0.481 e. The molecule has 1 fully saturated rings. The van der Waals surface area contributed by atoms with Crippen LogP contribution in [0.5, 0.6) is 0 Å². The Morgan fingerprint density at radius 2 is 1.83 bits per heavy atom. The van der Waals surface area contributed by atoms with Crippen molar-refractivity contribution in [2.24, 2.45) is 17.8 Å². The normalized spacial score (nSPS) is 16.1. The van der Waals surface area contributed by atoms with Gasteiger partial charge in [-0.15, -0.1) is 22.7 Å². The minimum Gasteiger partial charge on any atom is -0.481 e. The minimum absolute atomic E-state index is 0.0773. The van der Waals surface area contributed by atoms with Gasteiger partial charge in [-0.2, -0.15) is 0 Å². The van der Waals surface area contributed by atoms with Crippen LogP contribution in [0.4, 0.5) is 0 Å². The fraction of sp³-hybridized carbons (Fsp3) is 0.655. The zero-order valence-electron chi connectivity index (χ0n) is 24.7. The number of carboxylic acids is 1. The summed E-state index contributed by atoms with van der Waals surface area (Å²) in [5, 5.41) is 17.2. The summed E-state index contributed by atoms with van der Waals surface area (Å²) in [5.74, 6) is -1.64. The van der Waals surface area contributed by atoms with E-state index in [4.69, 9.17) is 4.74 Å². The second-order valence-electron chi connectivity index (χ2n) is 11.4. The van der Waals surface area contributed by atoms with E-state index < -0.39 is 35.9 Å². The lowest BCUT2D eigenvalue weighted by molar-refractivity contribution is -0.148. The zero-order valence-corrected chi connectivity index (χ0v) is 26.3. The van der Waals surface area contributed by atoms with E-state index in [1.165, 1.54) is 42.4 Å². The summed E-state index contributed by atoms with van der Waals surface area (Å²) in [6.45, 7) is 8.89. The number of aliphatic carboxylic acids is 1. The molecule has 0 spiro atoms. The van der Waals surface area contributed by atoms with Crippen molar-refractivity contribution in [1.82, 2.24) is 20.2 Å². The van der Waals surface area contributed by atoms with Crippen LogP contribution in [-0.4, -0.2) is 62.9 Å². The van der Waals surface area contributed by atoms with Gasteiger partial charge in [0.2, 0.25) is 5.91 Å². The molecule has 41 heavy (non-hydrogen) atoms. The van der Waals surface area contributed by atoms with Crippen LogP contribution in [-0.2, 0) is 25.5 Å². The van der Waals surface area contributed by atoms with Gasteiger partial charge in [-0.1, -0.05) is 33.6 Å². The molecule has 3 rings (SSSR count). The Hall–Kier alpha value is -2.86. The van der Waals surface area contributed by atoms with E-state index in [1.807, 2.05) is 26.2 Å². The molecule has 1 aliphatic carbocycles. The van der Waals surface area contributed by atoms with Crippen LogP contribution in [0.15, 0.2) is 10.8 Å². The number of ether oxygens (including phenoxy) is 1. The first-order valence-electron chi connectivity index (χ1n) is 14.2. The Balaban J connectivity index is 1.73. The molecule has 0 aromatic carbocycles. The van der Waals surface area contributed by atoms with Crippen molar-refractivity contribution >= 4 is 46.4 Å². The Kier molecular flexibility index (Phi) is 11.8. The Labute approximate surface area is 249 Å². The molecule has 4 unspecified atom stereocenters. The Bertz CT molecular complexity index is 1210. The van der Waals surface area contributed by atoms with Crippen molar-refractivity contribution in [3.63, 3.8) is 0 Å². The third-order valence-electron chi connectivity index (χ3n) is 7.40. The van der Waals surface area contributed by atoms with E-state index in [-0.39, 0.29) is 30.0 Å². The maximum atomic E-state index is 13.2. The molecule has 226 valence electrons. The fourth-order valence-corrected chi connectivity index (χ4v) is 6.51. The molecule has 2 aromatic heterocycles. The van der Waals surface area contributed by atoms with Crippen LogP contribution in [0.1, 0.15) is 98.5 Å². The van der Waals surface area contributed by atoms with E-state index in [9.17, 15) is 24.3 Å². The van der Waals surface area contributed by atoms with Gasteiger partial charge >= 0.3 is 11.9 Å². The number of carboxylic acid groups (broad SMARTS) is 1. The minimum atomic E-state index is -0.935. The second kappa shape index (κ2) is 14.9. The maximum absolute atomic E-state index is 13.2. The van der Waals surface area contributed by atoms with Gasteiger partial charge in [-0.3, -0.25) is 19.2 Å². The number of aryl methyl sites for hydroxylation is 1. The van der Waals surface area contributed by atoms with Crippen LogP contribution >= 0.6 is 22.7 Å². The summed E-state index contributed by atoms with van der Waals surface area (Å²) in [7, 11) is 1.80. The average molecular weight is 607 g/mol. The molecule has 1 saturated carbocycles. The fourth-order valence-electron chi connectivity index (χ4n) is 4.82. The molecular formula is C29H42N4O6S2. The van der Waals surface area contributed by atoms with Crippen LogP contribution in [0.2, 0.25) is 0 Å². The van der Waals surface area contributed by atoms with Crippen LogP contribution in [0.3, 0.4) is 0 Å². The molecule has 1 aliphatic rings. The van der Waals surface area contributed by atoms with Gasteiger partial charge in [0, 0.05) is 61.8 Å². The lowest BCUT2D eigenvalue weighted by Gasteiger charge is -2.33. The Morgan fingerprint density at radius 1 is 1.12 bits per heavy atom. The van der Waals surface area contributed by atoms with Crippen molar-refractivity contribution in [1.29, 1.82) is 0 Å². The van der Waals surface area contributed by atoms with Crippen molar-refractivity contribution in [3.8, 4) is 0 Å². The highest BCUT2D eigenvalue weighted by molar-refractivity contribution is 7.10. The van der Waals surface area contributed by atoms with Gasteiger partial charge < -0.3 is 20.1 Å². The van der Waals surface area contributed by atoms with Crippen molar-refractivity contribution in [2.45, 2.75) is 97.8 Å². The number of carbonyl (C=O) groups is 4. The summed E-state index contributed by atoms with van der Waals surface area (Å²) in [5.41, 5.74) is 1.04. The van der Waals surface area contributed by atoms with Gasteiger partial charge in [0.15, 0.2) is 6.10 Å². The lowest BCUT2D eigenvalue weighted by Crippen LogP contribution is -2.41. The van der Waals surface area contributed by atoms with E-state index in [2.05, 4.69) is 15.3 Å². The summed E-state index contributed by atoms with van der Waals surface area (Å²) in [6, 6.07) is -0.634. The second-order valence-corrected chi connectivity index (χ2v) is 13.3. The monoisotopic (exact) mass is 606 g/mol. The van der Waals surface area contributed by atoms with Gasteiger partial charge in [0.1, 0.15) is 10.7 Å². The number of rotatable bonds is 16. The quantitative estimate of drug-likeness (QED) is 0.254. The number of hydrogen-bond acceptors (Lipinski definition) is 9. The highest BCUT2D eigenvalue weighted by Gasteiger charge is 2.32. The number of carbonyl (C=O) groups excluding carboxylic acids is 3. The zero-order chi connectivity index (χ0) is 30.3. The Morgan fingerprint density at radius 3 is 2.39 bits per heavy atom. The molecule has 0 saturated heterocycles. The molecule has 0 bridgehead atoms. The molecule has 12 heteroatoms. The van der Waals surface area contributed by atoms with Gasteiger partial charge in [-0.25, -0.2) is 9.97 Å². The number of thiazole rings is 2. The number of aromatic nitrogens is 2. The van der Waals surface area contributed by atoms with Crippen molar-refractivity contribution in [3.05, 3.63) is 32.2 Å². The molecule has 2 N–H and O–H groups in total. The average Bonchev–Trinajstić information content (AvgIpc) is 3.43. The summed E-state index contributed by atoms with van der Waals surface area (Å²) >= 11 is 2.69.